The van der Waals surface area contributed by atoms with Crippen LogP contribution in [0, 0.1) is 23.1 Å². The Kier molecular flexibility index (Phi) is 4.80. The Hall–Kier alpha value is -3.03. The zero-order chi connectivity index (χ0) is 24.6. The van der Waals surface area contributed by atoms with Crippen LogP contribution in [0.1, 0.15) is 44.7 Å². The van der Waals surface area contributed by atoms with Crippen molar-refractivity contribution in [2.24, 2.45) is 17.3 Å². The third-order valence-electron chi connectivity index (χ3n) is 8.91. The van der Waals surface area contributed by atoms with Gasteiger partial charge in [0, 0.05) is 12.3 Å². The lowest BCUT2D eigenvalue weighted by Crippen LogP contribution is -2.57. The standard InChI is InChI=1S/C28H28FNO5/c1-17-8-13-21-24(26(2)23(31)14-15-28(17,26)33)34-25(32)27(21)16-22(18-9-11-19(29)12-10-18)30(35-27)20-6-4-3-5-7-20/h3-7,9-12,14-15,17,21-22,24,33H,8,13,16H2,1-2H3/t17-,21+,22-,24+,26-,27?,28+/m0/s1. The second-order valence-corrected chi connectivity index (χ2v) is 10.5. The van der Waals surface area contributed by atoms with E-state index in [2.05, 4.69) is 0 Å². The number of hydrogen-bond acceptors (Lipinski definition) is 6. The van der Waals surface area contributed by atoms with Gasteiger partial charge in [0.05, 0.1) is 17.1 Å². The van der Waals surface area contributed by atoms with Gasteiger partial charge in [-0.2, -0.15) is 0 Å². The van der Waals surface area contributed by atoms with E-state index in [9.17, 15) is 19.1 Å². The van der Waals surface area contributed by atoms with Gasteiger partial charge in [0.25, 0.3) is 0 Å². The Bertz CT molecular complexity index is 1220. The average molecular weight is 478 g/mol. The van der Waals surface area contributed by atoms with Crippen LogP contribution in [0.25, 0.3) is 0 Å². The maximum atomic E-state index is 13.7. The lowest BCUT2D eigenvalue weighted by atomic mass is 9.63. The molecule has 1 N–H and O–H groups in total. The van der Waals surface area contributed by atoms with Crippen LogP contribution in [-0.2, 0) is 19.2 Å². The molecular formula is C28H28FNO5. The number of rotatable bonds is 2. The van der Waals surface area contributed by atoms with Crippen LogP contribution in [-0.4, -0.2) is 34.2 Å². The van der Waals surface area contributed by atoms with Crippen molar-refractivity contribution in [1.29, 1.82) is 0 Å². The van der Waals surface area contributed by atoms with E-state index in [1.165, 1.54) is 18.2 Å². The monoisotopic (exact) mass is 477 g/mol. The highest BCUT2D eigenvalue weighted by Gasteiger charge is 2.74. The molecule has 4 aliphatic rings. The third-order valence-corrected chi connectivity index (χ3v) is 8.91. The van der Waals surface area contributed by atoms with Crippen molar-refractivity contribution in [3.05, 3.63) is 78.1 Å². The van der Waals surface area contributed by atoms with Crippen molar-refractivity contribution < 1.29 is 28.7 Å². The molecule has 2 aliphatic heterocycles. The molecule has 7 atom stereocenters. The highest BCUT2D eigenvalue weighted by atomic mass is 19.1. The summed E-state index contributed by atoms with van der Waals surface area (Å²) in [6.07, 6.45) is 3.64. The number of hydroxylamine groups is 1. The fourth-order valence-corrected chi connectivity index (χ4v) is 6.77. The molecule has 2 saturated heterocycles. The van der Waals surface area contributed by atoms with E-state index in [0.717, 1.165) is 11.3 Å². The Morgan fingerprint density at radius 1 is 1.06 bits per heavy atom. The van der Waals surface area contributed by atoms with E-state index in [0.29, 0.717) is 12.8 Å². The van der Waals surface area contributed by atoms with Crippen molar-refractivity contribution >= 4 is 17.4 Å². The number of nitrogens with zero attached hydrogens (tertiary/aromatic N) is 1. The predicted molar refractivity (Wildman–Crippen MR) is 125 cm³/mol. The molecule has 0 bridgehead atoms. The minimum absolute atomic E-state index is 0.198. The Balaban J connectivity index is 1.46. The first kappa shape index (κ1) is 22.4. The summed E-state index contributed by atoms with van der Waals surface area (Å²) in [4.78, 5) is 33.4. The first-order valence-corrected chi connectivity index (χ1v) is 12.2. The third kappa shape index (κ3) is 2.88. The number of aliphatic hydroxyl groups is 1. The van der Waals surface area contributed by atoms with Gasteiger partial charge in [0.1, 0.15) is 17.5 Å². The van der Waals surface area contributed by atoms with Crippen LogP contribution in [0.3, 0.4) is 0 Å². The number of anilines is 1. The zero-order valence-electron chi connectivity index (χ0n) is 19.7. The SMILES string of the molecule is C[C@H]1CC[C@@H]2[C@@H](OC(=O)C23C[C@@H](c2ccc(F)cc2)N(c2ccccc2)O3)[C@]2(C)C(=O)C=C[C@@]12O. The number of esters is 1. The summed E-state index contributed by atoms with van der Waals surface area (Å²) in [6, 6.07) is 15.3. The van der Waals surface area contributed by atoms with Gasteiger partial charge >= 0.3 is 5.97 Å². The number of ketones is 1. The first-order chi connectivity index (χ1) is 16.7. The topological polar surface area (TPSA) is 76.1 Å². The molecule has 2 aromatic carbocycles. The van der Waals surface area contributed by atoms with E-state index in [1.807, 2.05) is 37.3 Å². The number of para-hydroxylation sites is 1. The molecule has 1 spiro atoms. The molecule has 0 amide bonds. The molecule has 1 saturated carbocycles. The minimum atomic E-state index is -1.40. The van der Waals surface area contributed by atoms with Crippen LogP contribution >= 0.6 is 0 Å². The van der Waals surface area contributed by atoms with Crippen molar-refractivity contribution in [2.75, 3.05) is 5.06 Å². The molecule has 2 aliphatic carbocycles. The molecule has 3 fully saturated rings. The van der Waals surface area contributed by atoms with Gasteiger partial charge < -0.3 is 9.84 Å². The van der Waals surface area contributed by atoms with Gasteiger partial charge in [-0.1, -0.05) is 37.3 Å². The van der Waals surface area contributed by atoms with E-state index < -0.39 is 34.6 Å². The molecule has 0 aromatic heterocycles. The molecule has 7 heteroatoms. The van der Waals surface area contributed by atoms with Gasteiger partial charge in [-0.3, -0.25) is 9.63 Å². The molecule has 2 aromatic rings. The van der Waals surface area contributed by atoms with Gasteiger partial charge in [-0.25, -0.2) is 14.2 Å². The summed E-state index contributed by atoms with van der Waals surface area (Å²) in [6.45, 7) is 3.65. The molecule has 6 rings (SSSR count). The quantitative estimate of drug-likeness (QED) is 0.651. The summed E-state index contributed by atoms with van der Waals surface area (Å²) >= 11 is 0. The number of hydrogen-bond donors (Lipinski definition) is 1. The maximum absolute atomic E-state index is 13.7. The Morgan fingerprint density at radius 3 is 2.49 bits per heavy atom. The highest BCUT2D eigenvalue weighted by Crippen LogP contribution is 2.61. The van der Waals surface area contributed by atoms with E-state index in [4.69, 9.17) is 9.57 Å². The van der Waals surface area contributed by atoms with Crippen molar-refractivity contribution in [1.82, 2.24) is 0 Å². The van der Waals surface area contributed by atoms with Gasteiger partial charge in [-0.15, -0.1) is 0 Å². The van der Waals surface area contributed by atoms with Crippen molar-refractivity contribution in [3.63, 3.8) is 0 Å². The molecule has 6 nitrogen and oxygen atoms in total. The fourth-order valence-electron chi connectivity index (χ4n) is 6.77. The largest absolute Gasteiger partial charge is 0.459 e. The zero-order valence-corrected chi connectivity index (χ0v) is 19.7. The maximum Gasteiger partial charge on any atom is 0.342 e. The predicted octanol–water partition coefficient (Wildman–Crippen LogP) is 4.30. The Labute approximate surface area is 203 Å². The summed E-state index contributed by atoms with van der Waals surface area (Å²) in [7, 11) is 0. The number of carbonyl (C=O) groups is 2. The van der Waals surface area contributed by atoms with Crippen LogP contribution < -0.4 is 5.06 Å². The minimum Gasteiger partial charge on any atom is -0.459 e. The number of benzene rings is 2. The fraction of sp³-hybridized carbons (Fsp3) is 0.429. The lowest BCUT2D eigenvalue weighted by Gasteiger charge is -2.43. The number of halogens is 1. The van der Waals surface area contributed by atoms with E-state index in [1.54, 1.807) is 30.2 Å². The van der Waals surface area contributed by atoms with Crippen molar-refractivity contribution in [3.8, 4) is 0 Å². The van der Waals surface area contributed by atoms with Gasteiger partial charge in [-0.05, 0) is 67.7 Å². The summed E-state index contributed by atoms with van der Waals surface area (Å²) in [5.41, 5.74) is -2.44. The van der Waals surface area contributed by atoms with Crippen LogP contribution in [0.2, 0.25) is 0 Å². The molecule has 1 unspecified atom stereocenters. The number of ether oxygens (including phenoxy) is 1. The lowest BCUT2D eigenvalue weighted by molar-refractivity contribution is -0.169. The van der Waals surface area contributed by atoms with Crippen LogP contribution in [0.15, 0.2) is 66.7 Å². The van der Waals surface area contributed by atoms with Gasteiger partial charge in [0.15, 0.2) is 5.78 Å². The molecule has 0 radical (unpaired) electrons. The molecule has 182 valence electrons. The van der Waals surface area contributed by atoms with Crippen LogP contribution in [0.4, 0.5) is 10.1 Å². The van der Waals surface area contributed by atoms with Crippen LogP contribution in [0.5, 0.6) is 0 Å². The number of fused-ring (bicyclic) bond motifs is 4. The molecule has 35 heavy (non-hydrogen) atoms. The molecular weight excluding hydrogens is 449 g/mol. The van der Waals surface area contributed by atoms with E-state index >= 15 is 0 Å². The summed E-state index contributed by atoms with van der Waals surface area (Å²) in [5, 5.41) is 13.4. The average Bonchev–Trinajstić information content (AvgIpc) is 3.45. The number of carbonyl (C=O) groups excluding carboxylic acids is 2. The Morgan fingerprint density at radius 2 is 1.77 bits per heavy atom. The summed E-state index contributed by atoms with van der Waals surface area (Å²) in [5.74, 6) is -1.73. The highest BCUT2D eigenvalue weighted by molar-refractivity contribution is 6.00. The first-order valence-electron chi connectivity index (χ1n) is 12.2. The smallest absolute Gasteiger partial charge is 0.342 e. The second kappa shape index (κ2) is 7.48. The van der Waals surface area contributed by atoms with E-state index in [-0.39, 0.29) is 30.0 Å². The second-order valence-electron chi connectivity index (χ2n) is 10.5. The molecule has 2 heterocycles. The number of allylic oxidation sites excluding steroid dienone is 1. The summed E-state index contributed by atoms with van der Waals surface area (Å²) < 4.78 is 19.7. The van der Waals surface area contributed by atoms with Gasteiger partial charge in [0.2, 0.25) is 5.60 Å². The normalized spacial score (nSPS) is 40.1. The van der Waals surface area contributed by atoms with Crippen molar-refractivity contribution in [2.45, 2.75) is 56.5 Å².